The second kappa shape index (κ2) is 5.10. The molecule has 0 saturated carbocycles. The van der Waals surface area contributed by atoms with Gasteiger partial charge in [-0.2, -0.15) is 0 Å². The van der Waals surface area contributed by atoms with Crippen LogP contribution in [0.4, 0.5) is 4.39 Å². The van der Waals surface area contributed by atoms with Crippen molar-refractivity contribution in [1.82, 2.24) is 0 Å². The Hall–Kier alpha value is -2.13. The highest BCUT2D eigenvalue weighted by atomic mass is 19.1. The van der Waals surface area contributed by atoms with Crippen LogP contribution in [0.1, 0.15) is 29.9 Å². The van der Waals surface area contributed by atoms with Gasteiger partial charge in [-0.3, -0.25) is 0 Å². The summed E-state index contributed by atoms with van der Waals surface area (Å²) in [6.45, 7) is 2.03. The van der Waals surface area contributed by atoms with E-state index in [2.05, 4.69) is 0 Å². The van der Waals surface area contributed by atoms with Crippen molar-refractivity contribution in [1.29, 1.82) is 0 Å². The molecule has 3 aromatic rings. The summed E-state index contributed by atoms with van der Waals surface area (Å²) in [6.07, 6.45) is 2.44. The van der Waals surface area contributed by atoms with Crippen LogP contribution in [0.15, 0.2) is 53.1 Å². The van der Waals surface area contributed by atoms with E-state index in [1.807, 2.05) is 31.2 Å². The van der Waals surface area contributed by atoms with Crippen LogP contribution in [0.3, 0.4) is 0 Å². The van der Waals surface area contributed by atoms with Gasteiger partial charge < -0.3 is 10.2 Å². The highest BCUT2D eigenvalue weighted by Crippen LogP contribution is 2.31. The Labute approximate surface area is 117 Å². The summed E-state index contributed by atoms with van der Waals surface area (Å²) < 4.78 is 19.3. The number of nitrogens with two attached hydrogens (primary N) is 1. The molecule has 1 aromatic heterocycles. The minimum absolute atomic E-state index is 0.223. The van der Waals surface area contributed by atoms with Gasteiger partial charge in [0.2, 0.25) is 0 Å². The predicted molar refractivity (Wildman–Crippen MR) is 78.0 cm³/mol. The van der Waals surface area contributed by atoms with Gasteiger partial charge >= 0.3 is 0 Å². The maximum atomic E-state index is 13.9. The number of hydrogen-bond acceptors (Lipinski definition) is 2. The summed E-state index contributed by atoms with van der Waals surface area (Å²) in [7, 11) is 0. The molecule has 0 bridgehead atoms. The fraction of sp³-hybridized carbons (Fsp3) is 0.176. The Bertz CT molecular complexity index is 748. The Balaban J connectivity index is 2.17. The molecule has 20 heavy (non-hydrogen) atoms. The molecule has 1 atom stereocenters. The molecule has 3 rings (SSSR count). The van der Waals surface area contributed by atoms with Crippen LogP contribution < -0.4 is 5.73 Å². The average Bonchev–Trinajstić information content (AvgIpc) is 2.96. The SMILES string of the molecule is CCc1occc1C(N)c1ccc(F)c2ccccc12. The third kappa shape index (κ3) is 2.00. The van der Waals surface area contributed by atoms with E-state index >= 15 is 0 Å². The topological polar surface area (TPSA) is 39.2 Å². The molecule has 2 N–H and O–H groups in total. The Morgan fingerprint density at radius 2 is 1.80 bits per heavy atom. The maximum absolute atomic E-state index is 13.9. The lowest BCUT2D eigenvalue weighted by molar-refractivity contribution is 0.509. The van der Waals surface area contributed by atoms with Crippen LogP contribution in [0, 0.1) is 5.82 Å². The second-order valence-electron chi connectivity index (χ2n) is 4.81. The third-order valence-corrected chi connectivity index (χ3v) is 3.68. The predicted octanol–water partition coefficient (Wildman–Crippen LogP) is 4.18. The number of halogens is 1. The van der Waals surface area contributed by atoms with Gasteiger partial charge in [0.1, 0.15) is 11.6 Å². The molecule has 0 aliphatic rings. The molecule has 1 heterocycles. The molecule has 0 spiro atoms. The zero-order valence-electron chi connectivity index (χ0n) is 11.3. The van der Waals surface area contributed by atoms with E-state index in [0.717, 1.165) is 28.7 Å². The number of hydrogen-bond donors (Lipinski definition) is 1. The van der Waals surface area contributed by atoms with Crippen LogP contribution in [-0.2, 0) is 6.42 Å². The van der Waals surface area contributed by atoms with E-state index in [9.17, 15) is 4.39 Å². The average molecular weight is 269 g/mol. The van der Waals surface area contributed by atoms with E-state index in [1.54, 1.807) is 18.4 Å². The van der Waals surface area contributed by atoms with Gasteiger partial charge in [-0.15, -0.1) is 0 Å². The van der Waals surface area contributed by atoms with Crippen LogP contribution in [0.25, 0.3) is 10.8 Å². The monoisotopic (exact) mass is 269 g/mol. The number of fused-ring (bicyclic) bond motifs is 1. The Kier molecular flexibility index (Phi) is 3.28. The molecule has 102 valence electrons. The fourth-order valence-corrected chi connectivity index (χ4v) is 2.64. The van der Waals surface area contributed by atoms with Gasteiger partial charge in [-0.1, -0.05) is 37.3 Å². The summed E-state index contributed by atoms with van der Waals surface area (Å²) >= 11 is 0. The van der Waals surface area contributed by atoms with Gasteiger partial charge in [-0.25, -0.2) is 4.39 Å². The molecular formula is C17H16FNO. The van der Waals surface area contributed by atoms with E-state index in [0.29, 0.717) is 5.39 Å². The molecule has 0 aliphatic heterocycles. The molecule has 2 nitrogen and oxygen atoms in total. The lowest BCUT2D eigenvalue weighted by atomic mass is 9.94. The van der Waals surface area contributed by atoms with E-state index in [1.165, 1.54) is 6.07 Å². The summed E-state index contributed by atoms with van der Waals surface area (Å²) in [5, 5.41) is 1.45. The summed E-state index contributed by atoms with van der Waals surface area (Å²) in [5.41, 5.74) is 8.25. The first kappa shape index (κ1) is 12.9. The van der Waals surface area contributed by atoms with Crippen molar-refractivity contribution < 1.29 is 8.81 Å². The van der Waals surface area contributed by atoms with Crippen molar-refractivity contribution >= 4 is 10.8 Å². The molecule has 0 saturated heterocycles. The normalized spacial score (nSPS) is 12.8. The summed E-state index contributed by atoms with van der Waals surface area (Å²) in [6, 6.07) is 12.2. The van der Waals surface area contributed by atoms with Crippen LogP contribution in [0.2, 0.25) is 0 Å². The van der Waals surface area contributed by atoms with E-state index < -0.39 is 0 Å². The Morgan fingerprint density at radius 1 is 1.05 bits per heavy atom. The van der Waals surface area contributed by atoms with Crippen molar-refractivity contribution in [2.75, 3.05) is 0 Å². The van der Waals surface area contributed by atoms with Crippen LogP contribution in [-0.4, -0.2) is 0 Å². The maximum Gasteiger partial charge on any atom is 0.131 e. The standard InChI is InChI=1S/C17H16FNO/c1-2-16-14(9-10-20-16)17(19)13-7-8-15(18)12-6-4-3-5-11(12)13/h3-10,17H,2,19H2,1H3. The third-order valence-electron chi connectivity index (χ3n) is 3.68. The van der Waals surface area contributed by atoms with Crippen molar-refractivity contribution in [3.05, 3.63) is 71.4 Å². The van der Waals surface area contributed by atoms with Crippen LogP contribution >= 0.6 is 0 Å². The zero-order chi connectivity index (χ0) is 14.1. The first-order valence-corrected chi connectivity index (χ1v) is 6.71. The Morgan fingerprint density at radius 3 is 2.55 bits per heavy atom. The second-order valence-corrected chi connectivity index (χ2v) is 4.81. The molecule has 0 radical (unpaired) electrons. The van der Waals surface area contributed by atoms with Gasteiger partial charge in [0.15, 0.2) is 0 Å². The van der Waals surface area contributed by atoms with Crippen molar-refractivity contribution in [2.45, 2.75) is 19.4 Å². The van der Waals surface area contributed by atoms with Gasteiger partial charge in [-0.05, 0) is 23.1 Å². The molecule has 0 aliphatic carbocycles. The zero-order valence-corrected chi connectivity index (χ0v) is 11.3. The summed E-state index contributed by atoms with van der Waals surface area (Å²) in [5.74, 6) is 0.658. The van der Waals surface area contributed by atoms with Gasteiger partial charge in [0.05, 0.1) is 12.3 Å². The lowest BCUT2D eigenvalue weighted by Gasteiger charge is -2.15. The molecule has 2 aromatic carbocycles. The molecule has 1 unspecified atom stereocenters. The van der Waals surface area contributed by atoms with E-state index in [-0.39, 0.29) is 11.9 Å². The van der Waals surface area contributed by atoms with Crippen molar-refractivity contribution in [3.63, 3.8) is 0 Å². The number of furan rings is 1. The number of rotatable bonds is 3. The highest BCUT2D eigenvalue weighted by molar-refractivity contribution is 5.87. The van der Waals surface area contributed by atoms with Crippen LogP contribution in [0.5, 0.6) is 0 Å². The smallest absolute Gasteiger partial charge is 0.131 e. The number of aryl methyl sites for hydroxylation is 1. The largest absolute Gasteiger partial charge is 0.469 e. The minimum atomic E-state index is -0.311. The van der Waals surface area contributed by atoms with E-state index in [4.69, 9.17) is 10.2 Å². The first-order valence-electron chi connectivity index (χ1n) is 6.71. The van der Waals surface area contributed by atoms with Crippen molar-refractivity contribution in [3.8, 4) is 0 Å². The minimum Gasteiger partial charge on any atom is -0.469 e. The summed E-state index contributed by atoms with van der Waals surface area (Å²) in [4.78, 5) is 0. The molecular weight excluding hydrogens is 253 g/mol. The first-order chi connectivity index (χ1) is 9.72. The van der Waals surface area contributed by atoms with Gasteiger partial charge in [0, 0.05) is 17.4 Å². The molecule has 3 heteroatoms. The molecule has 0 fully saturated rings. The van der Waals surface area contributed by atoms with Gasteiger partial charge in [0.25, 0.3) is 0 Å². The van der Waals surface area contributed by atoms with Crippen molar-refractivity contribution in [2.24, 2.45) is 5.73 Å². The lowest BCUT2D eigenvalue weighted by Crippen LogP contribution is -2.13. The molecule has 0 amide bonds. The number of benzene rings is 2. The quantitative estimate of drug-likeness (QED) is 0.774. The fourth-order valence-electron chi connectivity index (χ4n) is 2.64. The highest BCUT2D eigenvalue weighted by Gasteiger charge is 2.18.